The van der Waals surface area contributed by atoms with Crippen LogP contribution in [0.25, 0.3) is 0 Å². The predicted molar refractivity (Wildman–Crippen MR) is 87.6 cm³/mol. The quantitative estimate of drug-likeness (QED) is 0.871. The fourth-order valence-electron chi connectivity index (χ4n) is 2.84. The second kappa shape index (κ2) is 8.03. The van der Waals surface area contributed by atoms with Crippen molar-refractivity contribution in [3.63, 3.8) is 0 Å². The van der Waals surface area contributed by atoms with Gasteiger partial charge in [0.25, 0.3) is 0 Å². The Bertz CT molecular complexity index is 423. The standard InChI is InChI=1S/C17H27N3O/c1-3-19(4-2)14-17(21)18-15-10-12-20(13-11-15)16-8-6-5-7-9-16/h5-9,15H,3-4,10-14H2,1-2H3,(H,18,21). The number of hydrogen-bond acceptors (Lipinski definition) is 3. The van der Waals surface area contributed by atoms with Gasteiger partial charge in [0, 0.05) is 24.8 Å². The van der Waals surface area contributed by atoms with Crippen LogP contribution in [0.4, 0.5) is 5.69 Å². The molecule has 1 aromatic rings. The number of benzene rings is 1. The minimum absolute atomic E-state index is 0.164. The van der Waals surface area contributed by atoms with Crippen molar-refractivity contribution in [3.8, 4) is 0 Å². The number of likely N-dealkylation sites (N-methyl/N-ethyl adjacent to an activating group) is 1. The molecule has 116 valence electrons. The van der Waals surface area contributed by atoms with E-state index >= 15 is 0 Å². The molecule has 0 aromatic heterocycles. The molecule has 1 amide bonds. The molecule has 1 saturated heterocycles. The van der Waals surface area contributed by atoms with Crippen molar-refractivity contribution in [2.45, 2.75) is 32.7 Å². The van der Waals surface area contributed by atoms with Crippen LogP contribution in [0, 0.1) is 0 Å². The third kappa shape index (κ3) is 4.74. The van der Waals surface area contributed by atoms with E-state index in [-0.39, 0.29) is 5.91 Å². The zero-order chi connectivity index (χ0) is 15.1. The molecule has 2 rings (SSSR count). The summed E-state index contributed by atoms with van der Waals surface area (Å²) in [5.74, 6) is 0.164. The SMILES string of the molecule is CCN(CC)CC(=O)NC1CCN(c2ccccc2)CC1. The highest BCUT2D eigenvalue weighted by Gasteiger charge is 2.21. The van der Waals surface area contributed by atoms with Gasteiger partial charge in [0.2, 0.25) is 5.91 Å². The van der Waals surface area contributed by atoms with E-state index in [1.54, 1.807) is 0 Å². The van der Waals surface area contributed by atoms with Crippen molar-refractivity contribution in [1.82, 2.24) is 10.2 Å². The second-order valence-electron chi connectivity index (χ2n) is 5.63. The van der Waals surface area contributed by atoms with Crippen molar-refractivity contribution in [2.75, 3.05) is 37.6 Å². The third-order valence-electron chi connectivity index (χ3n) is 4.24. The van der Waals surface area contributed by atoms with Gasteiger partial charge in [0.1, 0.15) is 0 Å². The van der Waals surface area contributed by atoms with E-state index < -0.39 is 0 Å². The number of nitrogens with one attached hydrogen (secondary N) is 1. The Morgan fingerprint density at radius 3 is 2.38 bits per heavy atom. The van der Waals surface area contributed by atoms with Crippen LogP contribution in [-0.2, 0) is 4.79 Å². The summed E-state index contributed by atoms with van der Waals surface area (Å²) in [7, 11) is 0. The first-order valence-corrected chi connectivity index (χ1v) is 8.04. The van der Waals surface area contributed by atoms with Gasteiger partial charge in [-0.15, -0.1) is 0 Å². The first-order valence-electron chi connectivity index (χ1n) is 8.04. The fraction of sp³-hybridized carbons (Fsp3) is 0.588. The van der Waals surface area contributed by atoms with Crippen molar-refractivity contribution in [1.29, 1.82) is 0 Å². The number of piperidine rings is 1. The van der Waals surface area contributed by atoms with Crippen molar-refractivity contribution in [2.24, 2.45) is 0 Å². The summed E-state index contributed by atoms with van der Waals surface area (Å²) >= 11 is 0. The molecule has 1 heterocycles. The molecule has 0 unspecified atom stereocenters. The molecule has 0 atom stereocenters. The summed E-state index contributed by atoms with van der Waals surface area (Å²) in [5.41, 5.74) is 1.28. The lowest BCUT2D eigenvalue weighted by Crippen LogP contribution is -2.47. The minimum atomic E-state index is 0.164. The van der Waals surface area contributed by atoms with Crippen LogP contribution in [0.5, 0.6) is 0 Å². The second-order valence-corrected chi connectivity index (χ2v) is 5.63. The van der Waals surface area contributed by atoms with Crippen molar-refractivity contribution >= 4 is 11.6 Å². The smallest absolute Gasteiger partial charge is 0.234 e. The summed E-state index contributed by atoms with van der Waals surface area (Å²) in [6.07, 6.45) is 2.05. The highest BCUT2D eigenvalue weighted by molar-refractivity contribution is 5.78. The molecule has 0 bridgehead atoms. The normalized spacial score (nSPS) is 16.2. The van der Waals surface area contributed by atoms with E-state index in [1.807, 2.05) is 6.07 Å². The molecule has 0 spiro atoms. The zero-order valence-electron chi connectivity index (χ0n) is 13.2. The Balaban J connectivity index is 1.75. The van der Waals surface area contributed by atoms with Gasteiger partial charge >= 0.3 is 0 Å². The van der Waals surface area contributed by atoms with Crippen LogP contribution < -0.4 is 10.2 Å². The summed E-state index contributed by atoms with van der Waals surface area (Å²) in [6.45, 7) is 8.59. The molecular weight excluding hydrogens is 262 g/mol. The number of para-hydroxylation sites is 1. The Morgan fingerprint density at radius 2 is 1.81 bits per heavy atom. The van der Waals surface area contributed by atoms with Crippen LogP contribution in [0.2, 0.25) is 0 Å². The maximum Gasteiger partial charge on any atom is 0.234 e. The number of carbonyl (C=O) groups excluding carboxylic acids is 1. The largest absolute Gasteiger partial charge is 0.371 e. The maximum absolute atomic E-state index is 12.0. The number of rotatable bonds is 6. The van der Waals surface area contributed by atoms with Crippen LogP contribution >= 0.6 is 0 Å². The topological polar surface area (TPSA) is 35.6 Å². The highest BCUT2D eigenvalue weighted by atomic mass is 16.2. The number of nitrogens with zero attached hydrogens (tertiary/aromatic N) is 2. The molecule has 1 aromatic carbocycles. The zero-order valence-corrected chi connectivity index (χ0v) is 13.2. The van der Waals surface area contributed by atoms with Gasteiger partial charge in [-0.25, -0.2) is 0 Å². The van der Waals surface area contributed by atoms with Gasteiger partial charge in [-0.05, 0) is 38.1 Å². The van der Waals surface area contributed by atoms with Crippen molar-refractivity contribution < 1.29 is 4.79 Å². The maximum atomic E-state index is 12.0. The molecule has 21 heavy (non-hydrogen) atoms. The molecule has 0 radical (unpaired) electrons. The van der Waals surface area contributed by atoms with Gasteiger partial charge < -0.3 is 10.2 Å². The molecule has 1 N–H and O–H groups in total. The Labute approximate surface area is 128 Å². The summed E-state index contributed by atoms with van der Waals surface area (Å²) in [5, 5.41) is 3.18. The number of amides is 1. The lowest BCUT2D eigenvalue weighted by Gasteiger charge is -2.34. The number of carbonyl (C=O) groups is 1. The van der Waals surface area contributed by atoms with Gasteiger partial charge in [0.15, 0.2) is 0 Å². The fourth-order valence-corrected chi connectivity index (χ4v) is 2.84. The van der Waals surface area contributed by atoms with Crippen LogP contribution in [0.15, 0.2) is 30.3 Å². The molecule has 1 aliphatic rings. The lowest BCUT2D eigenvalue weighted by atomic mass is 10.0. The minimum Gasteiger partial charge on any atom is -0.371 e. The molecule has 1 aliphatic heterocycles. The number of anilines is 1. The highest BCUT2D eigenvalue weighted by Crippen LogP contribution is 2.19. The Morgan fingerprint density at radius 1 is 1.19 bits per heavy atom. The van der Waals surface area contributed by atoms with E-state index in [9.17, 15) is 4.79 Å². The monoisotopic (exact) mass is 289 g/mol. The van der Waals surface area contributed by atoms with Crippen LogP contribution in [-0.4, -0.2) is 49.6 Å². The third-order valence-corrected chi connectivity index (χ3v) is 4.24. The van der Waals surface area contributed by atoms with Gasteiger partial charge in [-0.1, -0.05) is 32.0 Å². The van der Waals surface area contributed by atoms with Crippen molar-refractivity contribution in [3.05, 3.63) is 30.3 Å². The molecule has 1 fully saturated rings. The molecule has 4 heteroatoms. The van der Waals surface area contributed by atoms with E-state index in [1.165, 1.54) is 5.69 Å². The van der Waals surface area contributed by atoms with E-state index in [0.717, 1.165) is 39.0 Å². The van der Waals surface area contributed by atoms with E-state index in [0.29, 0.717) is 12.6 Å². The first kappa shape index (κ1) is 15.8. The van der Waals surface area contributed by atoms with Gasteiger partial charge in [-0.2, -0.15) is 0 Å². The van der Waals surface area contributed by atoms with E-state index in [4.69, 9.17) is 0 Å². The van der Waals surface area contributed by atoms with Gasteiger partial charge in [-0.3, -0.25) is 9.69 Å². The summed E-state index contributed by atoms with van der Waals surface area (Å²) < 4.78 is 0. The van der Waals surface area contributed by atoms with Crippen LogP contribution in [0.3, 0.4) is 0 Å². The average molecular weight is 289 g/mol. The number of hydrogen-bond donors (Lipinski definition) is 1. The Hall–Kier alpha value is -1.55. The molecule has 0 aliphatic carbocycles. The lowest BCUT2D eigenvalue weighted by molar-refractivity contribution is -0.123. The summed E-state index contributed by atoms with van der Waals surface area (Å²) in [4.78, 5) is 16.6. The average Bonchev–Trinajstić information content (AvgIpc) is 2.54. The predicted octanol–water partition coefficient (Wildman–Crippen LogP) is 2.11. The summed E-state index contributed by atoms with van der Waals surface area (Å²) in [6, 6.07) is 10.8. The Kier molecular flexibility index (Phi) is 6.05. The first-order chi connectivity index (χ1) is 10.2. The molecule has 4 nitrogen and oxygen atoms in total. The van der Waals surface area contributed by atoms with Crippen LogP contribution in [0.1, 0.15) is 26.7 Å². The van der Waals surface area contributed by atoms with Gasteiger partial charge in [0.05, 0.1) is 6.54 Å². The van der Waals surface area contributed by atoms with E-state index in [2.05, 4.69) is 53.2 Å². The molecule has 0 saturated carbocycles. The molecular formula is C17H27N3O.